The SMILES string of the molecule is CN(C)C(=O)/C=C/c1ccc([B-](F)(F)F)cc1. The predicted octanol–water partition coefficient (Wildman–Crippen LogP) is 1.84. The molecular weight excluding hydrogens is 230 g/mol. The summed E-state index contributed by atoms with van der Waals surface area (Å²) < 4.78 is 37.0. The Hall–Kier alpha value is -1.72. The molecule has 0 unspecified atom stereocenters. The van der Waals surface area contributed by atoms with E-state index in [2.05, 4.69) is 0 Å². The fraction of sp³-hybridized carbons (Fsp3) is 0.182. The number of nitrogens with zero attached hydrogens (tertiary/aromatic N) is 1. The maximum atomic E-state index is 12.3. The Morgan fingerprint density at radius 3 is 2.12 bits per heavy atom. The molecule has 0 saturated heterocycles. The lowest BCUT2D eigenvalue weighted by Crippen LogP contribution is -2.33. The van der Waals surface area contributed by atoms with Crippen LogP contribution in [0.2, 0.25) is 0 Å². The summed E-state index contributed by atoms with van der Waals surface area (Å²) in [6.07, 6.45) is 2.79. The van der Waals surface area contributed by atoms with Crippen LogP contribution in [0, 0.1) is 0 Å². The summed E-state index contributed by atoms with van der Waals surface area (Å²) >= 11 is 0. The number of hydrogen-bond donors (Lipinski definition) is 0. The third-order valence-electron chi connectivity index (χ3n) is 2.17. The zero-order valence-corrected chi connectivity index (χ0v) is 9.53. The number of likely N-dealkylation sites (N-methyl/N-ethyl adjacent to an activating group) is 1. The molecule has 1 amide bonds. The van der Waals surface area contributed by atoms with Gasteiger partial charge in [-0.05, 0) is 11.6 Å². The van der Waals surface area contributed by atoms with E-state index in [1.165, 1.54) is 29.2 Å². The van der Waals surface area contributed by atoms with E-state index in [1.807, 2.05) is 0 Å². The minimum atomic E-state index is -4.96. The Morgan fingerprint density at radius 1 is 1.18 bits per heavy atom. The summed E-state index contributed by atoms with van der Waals surface area (Å²) in [6, 6.07) is 4.70. The fourth-order valence-electron chi connectivity index (χ4n) is 1.14. The van der Waals surface area contributed by atoms with Crippen LogP contribution in [-0.4, -0.2) is 31.9 Å². The number of halogens is 3. The maximum absolute atomic E-state index is 12.3. The van der Waals surface area contributed by atoms with Crippen LogP contribution in [-0.2, 0) is 4.79 Å². The molecule has 0 N–H and O–H groups in total. The van der Waals surface area contributed by atoms with Crippen molar-refractivity contribution in [2.45, 2.75) is 0 Å². The van der Waals surface area contributed by atoms with Crippen LogP contribution in [0.25, 0.3) is 6.08 Å². The van der Waals surface area contributed by atoms with Crippen molar-refractivity contribution >= 4 is 24.4 Å². The van der Waals surface area contributed by atoms with Crippen LogP contribution >= 0.6 is 0 Å². The molecule has 0 aliphatic heterocycles. The third-order valence-corrected chi connectivity index (χ3v) is 2.17. The van der Waals surface area contributed by atoms with Gasteiger partial charge in [0.2, 0.25) is 5.91 Å². The van der Waals surface area contributed by atoms with E-state index in [9.17, 15) is 17.7 Å². The lowest BCUT2D eigenvalue weighted by Gasteiger charge is -2.14. The van der Waals surface area contributed by atoms with E-state index in [4.69, 9.17) is 0 Å². The van der Waals surface area contributed by atoms with Gasteiger partial charge in [0.25, 0.3) is 0 Å². The van der Waals surface area contributed by atoms with Gasteiger partial charge >= 0.3 is 6.98 Å². The molecule has 0 radical (unpaired) electrons. The molecule has 0 heterocycles. The van der Waals surface area contributed by atoms with Crippen LogP contribution in [0.3, 0.4) is 0 Å². The Kier molecular flexibility index (Phi) is 3.99. The van der Waals surface area contributed by atoms with E-state index < -0.39 is 12.4 Å². The fourth-order valence-corrected chi connectivity index (χ4v) is 1.14. The minimum absolute atomic E-state index is 0.214. The Morgan fingerprint density at radius 2 is 1.71 bits per heavy atom. The van der Waals surface area contributed by atoms with Gasteiger partial charge in [0.1, 0.15) is 0 Å². The number of amides is 1. The van der Waals surface area contributed by atoms with E-state index in [-0.39, 0.29) is 5.91 Å². The third kappa shape index (κ3) is 3.98. The lowest BCUT2D eigenvalue weighted by molar-refractivity contribution is -0.123. The van der Waals surface area contributed by atoms with Gasteiger partial charge in [0.15, 0.2) is 0 Å². The second-order valence-electron chi connectivity index (χ2n) is 3.81. The number of carbonyl (C=O) groups excluding carboxylic acids is 1. The molecule has 0 aromatic heterocycles. The monoisotopic (exact) mass is 242 g/mol. The largest absolute Gasteiger partial charge is 0.509 e. The highest BCUT2D eigenvalue weighted by molar-refractivity contribution is 6.73. The van der Waals surface area contributed by atoms with Gasteiger partial charge in [-0.25, -0.2) is 0 Å². The number of rotatable bonds is 3. The first kappa shape index (κ1) is 13.4. The lowest BCUT2D eigenvalue weighted by atomic mass is 9.80. The summed E-state index contributed by atoms with van der Waals surface area (Å²) in [4.78, 5) is 12.6. The normalized spacial score (nSPS) is 11.8. The van der Waals surface area contributed by atoms with Crippen LogP contribution in [0.15, 0.2) is 30.3 Å². The van der Waals surface area contributed by atoms with Crippen LogP contribution in [0.1, 0.15) is 5.56 Å². The number of benzene rings is 1. The molecule has 0 aliphatic rings. The zero-order chi connectivity index (χ0) is 13.1. The highest BCUT2D eigenvalue weighted by Crippen LogP contribution is 2.10. The van der Waals surface area contributed by atoms with Crippen molar-refractivity contribution in [3.63, 3.8) is 0 Å². The topological polar surface area (TPSA) is 20.3 Å². The van der Waals surface area contributed by atoms with Crippen molar-refractivity contribution in [3.8, 4) is 0 Å². The molecule has 17 heavy (non-hydrogen) atoms. The first-order valence-corrected chi connectivity index (χ1v) is 5.00. The molecule has 2 nitrogen and oxygen atoms in total. The molecule has 0 spiro atoms. The van der Waals surface area contributed by atoms with E-state index in [0.29, 0.717) is 5.56 Å². The number of hydrogen-bond acceptors (Lipinski definition) is 1. The molecule has 1 aromatic carbocycles. The highest BCUT2D eigenvalue weighted by Gasteiger charge is 2.24. The first-order chi connectivity index (χ1) is 7.80. The smallest absolute Gasteiger partial charge is 0.445 e. The molecule has 92 valence electrons. The van der Waals surface area contributed by atoms with Gasteiger partial charge in [-0.15, -0.1) is 5.46 Å². The van der Waals surface area contributed by atoms with E-state index in [1.54, 1.807) is 14.1 Å². The molecule has 0 atom stereocenters. The molecule has 0 bridgehead atoms. The van der Waals surface area contributed by atoms with Gasteiger partial charge < -0.3 is 17.8 Å². The Labute approximate surface area is 97.8 Å². The molecule has 0 fully saturated rings. The zero-order valence-electron chi connectivity index (χ0n) is 9.53. The van der Waals surface area contributed by atoms with Crippen LogP contribution in [0.5, 0.6) is 0 Å². The average molecular weight is 242 g/mol. The van der Waals surface area contributed by atoms with Gasteiger partial charge in [0, 0.05) is 20.2 Å². The summed E-state index contributed by atoms with van der Waals surface area (Å²) in [6.45, 7) is -4.96. The summed E-state index contributed by atoms with van der Waals surface area (Å²) in [5.74, 6) is -0.214. The van der Waals surface area contributed by atoms with Gasteiger partial charge in [-0.1, -0.05) is 24.3 Å². The van der Waals surface area contributed by atoms with Gasteiger partial charge in [0.05, 0.1) is 0 Å². The Balaban J connectivity index is 2.79. The van der Waals surface area contributed by atoms with Crippen molar-refractivity contribution in [3.05, 3.63) is 35.9 Å². The summed E-state index contributed by atoms with van der Waals surface area (Å²) in [5.41, 5.74) is -0.0786. The van der Waals surface area contributed by atoms with Crippen LogP contribution in [0.4, 0.5) is 12.9 Å². The Bertz CT molecular complexity index is 423. The van der Waals surface area contributed by atoms with Gasteiger partial charge in [-0.3, -0.25) is 4.79 Å². The molecular formula is C11H12BF3NO-. The van der Waals surface area contributed by atoms with Crippen molar-refractivity contribution in [1.29, 1.82) is 0 Å². The first-order valence-electron chi connectivity index (χ1n) is 5.00. The van der Waals surface area contributed by atoms with E-state index >= 15 is 0 Å². The van der Waals surface area contributed by atoms with Crippen LogP contribution < -0.4 is 5.46 Å². The quantitative estimate of drug-likeness (QED) is 0.585. The minimum Gasteiger partial charge on any atom is -0.445 e. The molecule has 6 heteroatoms. The van der Waals surface area contributed by atoms with E-state index in [0.717, 1.165) is 12.1 Å². The molecule has 0 saturated carbocycles. The van der Waals surface area contributed by atoms with Crippen molar-refractivity contribution in [2.24, 2.45) is 0 Å². The maximum Gasteiger partial charge on any atom is 0.509 e. The second-order valence-corrected chi connectivity index (χ2v) is 3.81. The summed E-state index contributed by atoms with van der Waals surface area (Å²) in [5, 5.41) is 0. The van der Waals surface area contributed by atoms with Gasteiger partial charge in [-0.2, -0.15) is 0 Å². The predicted molar refractivity (Wildman–Crippen MR) is 62.9 cm³/mol. The summed E-state index contributed by atoms with van der Waals surface area (Å²) in [7, 11) is 3.20. The second kappa shape index (κ2) is 5.08. The van der Waals surface area contributed by atoms with Crippen molar-refractivity contribution < 1.29 is 17.7 Å². The molecule has 1 aromatic rings. The highest BCUT2D eigenvalue weighted by atomic mass is 19.4. The van der Waals surface area contributed by atoms with Crippen molar-refractivity contribution in [2.75, 3.05) is 14.1 Å². The molecule has 0 aliphatic carbocycles. The standard InChI is InChI=1S/C11H12BF3NO/c1-16(2)11(17)8-5-9-3-6-10(7-4-9)12(13,14)15/h3-8H,1-2H3/q-1/b8-5+. The molecule has 1 rings (SSSR count). The average Bonchev–Trinajstić information content (AvgIpc) is 2.25. The van der Waals surface area contributed by atoms with Crippen molar-refractivity contribution in [1.82, 2.24) is 4.90 Å². The number of carbonyl (C=O) groups is 1.